The molecule has 0 fully saturated rings. The van der Waals surface area contributed by atoms with Gasteiger partial charge in [-0.1, -0.05) is 25.0 Å². The number of aromatic nitrogens is 2. The summed E-state index contributed by atoms with van der Waals surface area (Å²) in [5, 5.41) is 7.30. The lowest BCUT2D eigenvalue weighted by Crippen LogP contribution is -1.99. The highest BCUT2D eigenvalue weighted by atomic mass is 16.5. The first-order valence-corrected chi connectivity index (χ1v) is 8.28. The van der Waals surface area contributed by atoms with E-state index in [-0.39, 0.29) is 0 Å². The van der Waals surface area contributed by atoms with E-state index in [2.05, 4.69) is 56.1 Å². The van der Waals surface area contributed by atoms with E-state index >= 15 is 0 Å². The SMILES string of the molecule is Cc1ccc(C)c(OCCCCCCc2c(C)n[nH]c2C)c1. The van der Waals surface area contributed by atoms with Crippen LogP contribution in [-0.2, 0) is 6.42 Å². The first-order chi connectivity index (χ1) is 10.6. The van der Waals surface area contributed by atoms with Crippen LogP contribution in [0.4, 0.5) is 0 Å². The molecule has 3 heteroatoms. The molecule has 1 N–H and O–H groups in total. The number of unbranched alkanes of at least 4 members (excludes halogenated alkanes) is 3. The summed E-state index contributed by atoms with van der Waals surface area (Å²) in [5.41, 5.74) is 6.24. The lowest BCUT2D eigenvalue weighted by Gasteiger charge is -2.10. The summed E-state index contributed by atoms with van der Waals surface area (Å²) in [4.78, 5) is 0. The van der Waals surface area contributed by atoms with Crippen LogP contribution >= 0.6 is 0 Å². The number of rotatable bonds is 8. The van der Waals surface area contributed by atoms with Gasteiger partial charge in [-0.15, -0.1) is 0 Å². The van der Waals surface area contributed by atoms with Crippen LogP contribution in [0, 0.1) is 27.7 Å². The minimum atomic E-state index is 0.814. The maximum atomic E-state index is 5.89. The minimum Gasteiger partial charge on any atom is -0.493 e. The van der Waals surface area contributed by atoms with Gasteiger partial charge in [-0.25, -0.2) is 0 Å². The van der Waals surface area contributed by atoms with Gasteiger partial charge in [0.15, 0.2) is 0 Å². The van der Waals surface area contributed by atoms with Crippen LogP contribution in [0.25, 0.3) is 0 Å². The normalized spacial score (nSPS) is 10.9. The van der Waals surface area contributed by atoms with E-state index in [0.29, 0.717) is 0 Å². The maximum Gasteiger partial charge on any atom is 0.122 e. The summed E-state index contributed by atoms with van der Waals surface area (Å²) in [6.45, 7) is 9.20. The van der Waals surface area contributed by atoms with Crippen molar-refractivity contribution < 1.29 is 4.74 Å². The summed E-state index contributed by atoms with van der Waals surface area (Å²) in [6, 6.07) is 6.38. The van der Waals surface area contributed by atoms with Crippen molar-refractivity contribution in [2.75, 3.05) is 6.61 Å². The molecule has 3 nitrogen and oxygen atoms in total. The van der Waals surface area contributed by atoms with Gasteiger partial charge in [0.25, 0.3) is 0 Å². The first kappa shape index (κ1) is 16.6. The molecule has 1 aromatic heterocycles. The van der Waals surface area contributed by atoms with Gasteiger partial charge in [-0.3, -0.25) is 5.10 Å². The van der Waals surface area contributed by atoms with Crippen molar-refractivity contribution in [1.29, 1.82) is 0 Å². The zero-order valence-corrected chi connectivity index (χ0v) is 14.3. The van der Waals surface area contributed by atoms with Crippen molar-refractivity contribution in [3.05, 3.63) is 46.3 Å². The molecule has 0 unspecified atom stereocenters. The number of ether oxygens (including phenoxy) is 1. The van der Waals surface area contributed by atoms with E-state index in [4.69, 9.17) is 4.74 Å². The Hall–Kier alpha value is -1.77. The average molecular weight is 300 g/mol. The summed E-state index contributed by atoms with van der Waals surface area (Å²) < 4.78 is 5.89. The van der Waals surface area contributed by atoms with E-state index in [9.17, 15) is 0 Å². The van der Waals surface area contributed by atoms with Crippen LogP contribution in [0.1, 0.15) is 53.8 Å². The predicted molar refractivity (Wildman–Crippen MR) is 91.6 cm³/mol. The lowest BCUT2D eigenvalue weighted by atomic mass is 10.0. The second-order valence-corrected chi connectivity index (χ2v) is 6.19. The summed E-state index contributed by atoms with van der Waals surface area (Å²) in [5.74, 6) is 1.03. The Morgan fingerprint density at radius 3 is 2.50 bits per heavy atom. The number of hydrogen-bond donors (Lipinski definition) is 1. The molecule has 0 saturated heterocycles. The lowest BCUT2D eigenvalue weighted by molar-refractivity contribution is 0.302. The van der Waals surface area contributed by atoms with Crippen molar-refractivity contribution in [1.82, 2.24) is 10.2 Å². The Morgan fingerprint density at radius 2 is 1.77 bits per heavy atom. The van der Waals surface area contributed by atoms with Crippen LogP contribution in [-0.4, -0.2) is 16.8 Å². The van der Waals surface area contributed by atoms with E-state index in [0.717, 1.165) is 30.9 Å². The summed E-state index contributed by atoms with van der Waals surface area (Å²) in [6.07, 6.45) is 5.95. The molecule has 0 aliphatic carbocycles. The Balaban J connectivity index is 1.61. The topological polar surface area (TPSA) is 37.9 Å². The van der Waals surface area contributed by atoms with E-state index in [1.807, 2.05) is 0 Å². The summed E-state index contributed by atoms with van der Waals surface area (Å²) >= 11 is 0. The number of nitrogens with zero attached hydrogens (tertiary/aromatic N) is 1. The fourth-order valence-electron chi connectivity index (χ4n) is 2.74. The van der Waals surface area contributed by atoms with Crippen LogP contribution in [0.5, 0.6) is 5.75 Å². The third kappa shape index (κ3) is 4.62. The van der Waals surface area contributed by atoms with E-state index < -0.39 is 0 Å². The molecule has 0 atom stereocenters. The van der Waals surface area contributed by atoms with Gasteiger partial charge in [0.05, 0.1) is 12.3 Å². The van der Waals surface area contributed by atoms with E-state index in [1.54, 1.807) is 0 Å². The molecule has 1 heterocycles. The highest BCUT2D eigenvalue weighted by molar-refractivity contribution is 5.35. The molecule has 22 heavy (non-hydrogen) atoms. The number of aromatic amines is 1. The highest BCUT2D eigenvalue weighted by Gasteiger charge is 2.05. The largest absolute Gasteiger partial charge is 0.493 e. The average Bonchev–Trinajstić information content (AvgIpc) is 2.81. The summed E-state index contributed by atoms with van der Waals surface area (Å²) in [7, 11) is 0. The van der Waals surface area contributed by atoms with Crippen LogP contribution in [0.15, 0.2) is 18.2 Å². The molecule has 120 valence electrons. The second-order valence-electron chi connectivity index (χ2n) is 6.19. The van der Waals surface area contributed by atoms with E-state index in [1.165, 1.54) is 41.6 Å². The quantitative estimate of drug-likeness (QED) is 0.709. The van der Waals surface area contributed by atoms with Crippen molar-refractivity contribution >= 4 is 0 Å². The first-order valence-electron chi connectivity index (χ1n) is 8.28. The second kappa shape index (κ2) is 8.02. The molecule has 0 saturated carbocycles. The number of benzene rings is 1. The van der Waals surface area contributed by atoms with Crippen LogP contribution in [0.2, 0.25) is 0 Å². The zero-order valence-electron chi connectivity index (χ0n) is 14.3. The van der Waals surface area contributed by atoms with Crippen molar-refractivity contribution in [3.63, 3.8) is 0 Å². The van der Waals surface area contributed by atoms with Crippen LogP contribution in [0.3, 0.4) is 0 Å². The number of nitrogens with one attached hydrogen (secondary N) is 1. The molecule has 2 aromatic rings. The molecule has 2 rings (SSSR count). The molecule has 0 spiro atoms. The predicted octanol–water partition coefficient (Wildman–Crippen LogP) is 4.83. The van der Waals surface area contributed by atoms with Crippen molar-refractivity contribution in [3.8, 4) is 5.75 Å². The maximum absolute atomic E-state index is 5.89. The van der Waals surface area contributed by atoms with Gasteiger partial charge in [0.2, 0.25) is 0 Å². The molecule has 0 aliphatic rings. The Morgan fingerprint density at radius 1 is 1.00 bits per heavy atom. The minimum absolute atomic E-state index is 0.814. The van der Waals surface area contributed by atoms with Gasteiger partial charge < -0.3 is 4.74 Å². The van der Waals surface area contributed by atoms with Gasteiger partial charge in [0, 0.05) is 5.69 Å². The van der Waals surface area contributed by atoms with Gasteiger partial charge in [0.1, 0.15) is 5.75 Å². The zero-order chi connectivity index (χ0) is 15.9. The Labute approximate surface area is 134 Å². The molecule has 0 aliphatic heterocycles. The van der Waals surface area contributed by atoms with Crippen LogP contribution < -0.4 is 4.74 Å². The Kier molecular flexibility index (Phi) is 6.05. The molecule has 0 amide bonds. The van der Waals surface area contributed by atoms with Gasteiger partial charge in [-0.05, 0) is 69.7 Å². The smallest absolute Gasteiger partial charge is 0.122 e. The third-order valence-corrected chi connectivity index (χ3v) is 4.20. The molecule has 0 bridgehead atoms. The van der Waals surface area contributed by atoms with Gasteiger partial charge in [-0.2, -0.15) is 5.10 Å². The standard InChI is InChI=1S/C19H28N2O/c1-14-10-11-15(2)19(13-14)22-12-8-6-5-7-9-18-16(3)20-21-17(18)4/h10-11,13H,5-9,12H2,1-4H3,(H,20,21). The number of H-pyrrole nitrogens is 1. The molecular weight excluding hydrogens is 272 g/mol. The molecular formula is C19H28N2O. The molecule has 0 radical (unpaired) electrons. The Bertz CT molecular complexity index is 582. The third-order valence-electron chi connectivity index (χ3n) is 4.20. The fourth-order valence-corrected chi connectivity index (χ4v) is 2.74. The van der Waals surface area contributed by atoms with Crippen molar-refractivity contribution in [2.24, 2.45) is 0 Å². The molecule has 1 aromatic carbocycles. The van der Waals surface area contributed by atoms with Gasteiger partial charge >= 0.3 is 0 Å². The highest BCUT2D eigenvalue weighted by Crippen LogP contribution is 2.19. The fraction of sp³-hybridized carbons (Fsp3) is 0.526. The number of hydrogen-bond acceptors (Lipinski definition) is 2. The monoisotopic (exact) mass is 300 g/mol. The van der Waals surface area contributed by atoms with Crippen molar-refractivity contribution in [2.45, 2.75) is 59.8 Å². The number of aryl methyl sites for hydroxylation is 4.